The van der Waals surface area contributed by atoms with Gasteiger partial charge in [-0.25, -0.2) is 0 Å². The molecular formula is C13H20O. The van der Waals surface area contributed by atoms with Crippen LogP contribution < -0.4 is 4.74 Å². The van der Waals surface area contributed by atoms with Crippen LogP contribution in [0.15, 0.2) is 24.3 Å². The van der Waals surface area contributed by atoms with Crippen LogP contribution in [-0.4, -0.2) is 7.11 Å². The van der Waals surface area contributed by atoms with Gasteiger partial charge in [0.1, 0.15) is 5.75 Å². The summed E-state index contributed by atoms with van der Waals surface area (Å²) in [5.74, 6) is 1.68. The monoisotopic (exact) mass is 192 g/mol. The largest absolute Gasteiger partial charge is 0.496 e. The predicted molar refractivity (Wildman–Crippen MR) is 60.9 cm³/mol. The summed E-state index contributed by atoms with van der Waals surface area (Å²) in [6, 6.07) is 8.35. The van der Waals surface area contributed by atoms with Gasteiger partial charge in [0.2, 0.25) is 0 Å². The van der Waals surface area contributed by atoms with Crippen molar-refractivity contribution in [3.63, 3.8) is 0 Å². The lowest BCUT2D eigenvalue weighted by Gasteiger charge is -2.17. The van der Waals surface area contributed by atoms with E-state index < -0.39 is 0 Å². The lowest BCUT2D eigenvalue weighted by atomic mass is 9.91. The normalized spacial score (nSPS) is 12.5. The zero-order chi connectivity index (χ0) is 10.4. The van der Waals surface area contributed by atoms with Gasteiger partial charge >= 0.3 is 0 Å². The Morgan fingerprint density at radius 2 is 1.93 bits per heavy atom. The third-order valence-corrected chi connectivity index (χ3v) is 2.71. The number of benzene rings is 1. The van der Waals surface area contributed by atoms with Crippen LogP contribution in [0.5, 0.6) is 5.75 Å². The van der Waals surface area contributed by atoms with Crippen molar-refractivity contribution in [2.24, 2.45) is 0 Å². The Bertz CT molecular complexity index is 268. The van der Waals surface area contributed by atoms with E-state index >= 15 is 0 Å². The van der Waals surface area contributed by atoms with Gasteiger partial charge in [0.15, 0.2) is 0 Å². The number of hydrogen-bond acceptors (Lipinski definition) is 1. The number of para-hydroxylation sites is 1. The number of methoxy groups -OCH3 is 1. The summed E-state index contributed by atoms with van der Waals surface area (Å²) in [5, 5.41) is 0. The van der Waals surface area contributed by atoms with Crippen molar-refractivity contribution in [1.82, 2.24) is 0 Å². The quantitative estimate of drug-likeness (QED) is 0.685. The number of hydrogen-bond donors (Lipinski definition) is 0. The molecule has 0 aliphatic heterocycles. The van der Waals surface area contributed by atoms with Gasteiger partial charge in [0, 0.05) is 0 Å². The minimum Gasteiger partial charge on any atom is -0.496 e. The van der Waals surface area contributed by atoms with Crippen molar-refractivity contribution in [2.75, 3.05) is 7.11 Å². The Kier molecular flexibility index (Phi) is 4.51. The maximum atomic E-state index is 5.37. The summed E-state index contributed by atoms with van der Waals surface area (Å²) in [6.45, 7) is 4.48. The number of rotatable bonds is 5. The Labute approximate surface area is 87.1 Å². The molecule has 0 heterocycles. The van der Waals surface area contributed by atoms with Crippen molar-refractivity contribution in [1.29, 1.82) is 0 Å². The highest BCUT2D eigenvalue weighted by Gasteiger charge is 2.12. The lowest BCUT2D eigenvalue weighted by molar-refractivity contribution is 0.402. The predicted octanol–water partition coefficient (Wildman–Crippen LogP) is 3.99. The fraction of sp³-hybridized carbons (Fsp3) is 0.538. The van der Waals surface area contributed by atoms with Crippen LogP contribution in [0.4, 0.5) is 0 Å². The second kappa shape index (κ2) is 5.69. The summed E-state index contributed by atoms with van der Waals surface area (Å²) in [5.41, 5.74) is 1.36. The molecule has 0 aromatic heterocycles. The highest BCUT2D eigenvalue weighted by molar-refractivity contribution is 5.36. The molecule has 0 fully saturated rings. The van der Waals surface area contributed by atoms with Crippen molar-refractivity contribution < 1.29 is 4.74 Å². The van der Waals surface area contributed by atoms with Crippen LogP contribution in [0, 0.1) is 0 Å². The number of ether oxygens (including phenoxy) is 1. The van der Waals surface area contributed by atoms with Crippen molar-refractivity contribution in [3.8, 4) is 5.75 Å². The molecule has 0 saturated carbocycles. The molecule has 1 aromatic rings. The first-order valence-corrected chi connectivity index (χ1v) is 5.46. The van der Waals surface area contributed by atoms with Crippen LogP contribution >= 0.6 is 0 Å². The van der Waals surface area contributed by atoms with E-state index in [1.807, 2.05) is 12.1 Å². The van der Waals surface area contributed by atoms with E-state index in [1.165, 1.54) is 24.8 Å². The molecule has 1 unspecified atom stereocenters. The van der Waals surface area contributed by atoms with Crippen LogP contribution in [0.2, 0.25) is 0 Å². The summed E-state index contributed by atoms with van der Waals surface area (Å²) in [4.78, 5) is 0. The summed E-state index contributed by atoms with van der Waals surface area (Å²) in [7, 11) is 1.75. The van der Waals surface area contributed by atoms with E-state index in [9.17, 15) is 0 Å². The molecule has 0 saturated heterocycles. The Morgan fingerprint density at radius 3 is 2.50 bits per heavy atom. The van der Waals surface area contributed by atoms with E-state index in [1.54, 1.807) is 7.11 Å². The summed E-state index contributed by atoms with van der Waals surface area (Å²) in [6.07, 6.45) is 3.67. The maximum absolute atomic E-state index is 5.37. The van der Waals surface area contributed by atoms with Gasteiger partial charge < -0.3 is 4.74 Å². The van der Waals surface area contributed by atoms with E-state index in [0.29, 0.717) is 5.92 Å². The Morgan fingerprint density at radius 1 is 1.21 bits per heavy atom. The minimum absolute atomic E-state index is 0.649. The second-order valence-corrected chi connectivity index (χ2v) is 3.64. The molecule has 1 rings (SSSR count). The van der Waals surface area contributed by atoms with Crippen molar-refractivity contribution in [3.05, 3.63) is 29.8 Å². The SMILES string of the molecule is CCCC(CC)c1ccccc1OC. The van der Waals surface area contributed by atoms with Gasteiger partial charge in [-0.15, -0.1) is 0 Å². The zero-order valence-electron chi connectivity index (χ0n) is 9.42. The topological polar surface area (TPSA) is 9.23 Å². The van der Waals surface area contributed by atoms with E-state index in [0.717, 1.165) is 5.75 Å². The van der Waals surface area contributed by atoms with Gasteiger partial charge in [-0.1, -0.05) is 38.5 Å². The molecule has 0 aliphatic carbocycles. The third-order valence-electron chi connectivity index (χ3n) is 2.71. The van der Waals surface area contributed by atoms with Gasteiger partial charge in [-0.2, -0.15) is 0 Å². The molecule has 0 spiro atoms. The first-order valence-electron chi connectivity index (χ1n) is 5.46. The third kappa shape index (κ3) is 2.50. The van der Waals surface area contributed by atoms with Crippen LogP contribution in [0.25, 0.3) is 0 Å². The van der Waals surface area contributed by atoms with Gasteiger partial charge in [0.25, 0.3) is 0 Å². The average molecular weight is 192 g/mol. The minimum atomic E-state index is 0.649. The first-order chi connectivity index (χ1) is 6.83. The van der Waals surface area contributed by atoms with E-state index in [4.69, 9.17) is 4.74 Å². The van der Waals surface area contributed by atoms with Gasteiger partial charge in [-0.3, -0.25) is 0 Å². The van der Waals surface area contributed by atoms with E-state index in [-0.39, 0.29) is 0 Å². The van der Waals surface area contributed by atoms with Crippen molar-refractivity contribution >= 4 is 0 Å². The summed E-state index contributed by atoms with van der Waals surface area (Å²) >= 11 is 0. The first kappa shape index (κ1) is 11.1. The molecule has 0 bridgehead atoms. The van der Waals surface area contributed by atoms with Crippen LogP contribution in [0.3, 0.4) is 0 Å². The molecule has 1 atom stereocenters. The maximum Gasteiger partial charge on any atom is 0.122 e. The smallest absolute Gasteiger partial charge is 0.122 e. The average Bonchev–Trinajstić information content (AvgIpc) is 2.26. The molecule has 1 nitrogen and oxygen atoms in total. The molecule has 0 N–H and O–H groups in total. The molecule has 0 amide bonds. The fourth-order valence-electron chi connectivity index (χ4n) is 1.93. The molecule has 0 aliphatic rings. The highest BCUT2D eigenvalue weighted by atomic mass is 16.5. The second-order valence-electron chi connectivity index (χ2n) is 3.64. The zero-order valence-corrected chi connectivity index (χ0v) is 9.42. The lowest BCUT2D eigenvalue weighted by Crippen LogP contribution is -1.99. The molecule has 0 radical (unpaired) electrons. The Hall–Kier alpha value is -0.980. The van der Waals surface area contributed by atoms with Gasteiger partial charge in [0.05, 0.1) is 7.11 Å². The fourth-order valence-corrected chi connectivity index (χ4v) is 1.93. The highest BCUT2D eigenvalue weighted by Crippen LogP contribution is 2.31. The molecular weight excluding hydrogens is 172 g/mol. The summed E-state index contributed by atoms with van der Waals surface area (Å²) < 4.78 is 5.37. The van der Waals surface area contributed by atoms with Gasteiger partial charge in [-0.05, 0) is 30.4 Å². The van der Waals surface area contributed by atoms with E-state index in [2.05, 4.69) is 26.0 Å². The molecule has 78 valence electrons. The van der Waals surface area contributed by atoms with Crippen molar-refractivity contribution in [2.45, 2.75) is 39.0 Å². The van der Waals surface area contributed by atoms with Crippen LogP contribution in [-0.2, 0) is 0 Å². The Balaban J connectivity index is 2.90. The molecule has 14 heavy (non-hydrogen) atoms. The molecule has 1 heteroatoms. The molecule has 1 aromatic carbocycles. The van der Waals surface area contributed by atoms with Crippen LogP contribution in [0.1, 0.15) is 44.6 Å². The standard InChI is InChI=1S/C13H20O/c1-4-8-11(5-2)12-9-6-7-10-13(12)14-3/h6-7,9-11H,4-5,8H2,1-3H3.